The van der Waals surface area contributed by atoms with E-state index in [-0.39, 0.29) is 24.2 Å². The summed E-state index contributed by atoms with van der Waals surface area (Å²) in [5, 5.41) is 4.91. The average molecular weight is 478 g/mol. The van der Waals surface area contributed by atoms with Crippen molar-refractivity contribution in [2.75, 3.05) is 18.0 Å². The van der Waals surface area contributed by atoms with E-state index in [1.165, 1.54) is 5.56 Å². The minimum Gasteiger partial charge on any atom is -0.356 e. The molecule has 0 N–H and O–H groups in total. The molecule has 0 bridgehead atoms. The van der Waals surface area contributed by atoms with Crippen molar-refractivity contribution in [3.05, 3.63) is 70.4 Å². The van der Waals surface area contributed by atoms with Crippen LogP contribution in [0.15, 0.2) is 53.1 Å². The molecule has 1 unspecified atom stereocenters. The van der Waals surface area contributed by atoms with E-state index in [0.29, 0.717) is 31.1 Å². The molecule has 1 aromatic heterocycles. The van der Waals surface area contributed by atoms with E-state index in [0.717, 1.165) is 47.5 Å². The van der Waals surface area contributed by atoms with Crippen molar-refractivity contribution in [3.63, 3.8) is 0 Å². The molecular formula is C27H28ClN3O3. The van der Waals surface area contributed by atoms with Gasteiger partial charge in [0.15, 0.2) is 5.76 Å². The summed E-state index contributed by atoms with van der Waals surface area (Å²) in [6, 6.07) is 15.6. The van der Waals surface area contributed by atoms with Crippen LogP contribution in [0.3, 0.4) is 0 Å². The van der Waals surface area contributed by atoms with Gasteiger partial charge in [0, 0.05) is 41.3 Å². The number of anilines is 1. The summed E-state index contributed by atoms with van der Waals surface area (Å²) in [4.78, 5) is 29.6. The Morgan fingerprint density at radius 2 is 1.91 bits per heavy atom. The number of unbranched alkanes of at least 4 members (excludes halogenated alkanes) is 1. The van der Waals surface area contributed by atoms with Crippen LogP contribution in [-0.4, -0.2) is 35.0 Å². The molecule has 7 heteroatoms. The lowest BCUT2D eigenvalue weighted by atomic mass is 9.99. The third kappa shape index (κ3) is 4.47. The summed E-state index contributed by atoms with van der Waals surface area (Å²) in [5.74, 6) is 0.417. The van der Waals surface area contributed by atoms with Crippen LogP contribution in [-0.2, 0) is 29.0 Å². The smallest absolute Gasteiger partial charge is 0.228 e. The number of carbonyl (C=O) groups is 2. The first kappa shape index (κ1) is 22.7. The maximum Gasteiger partial charge on any atom is 0.228 e. The van der Waals surface area contributed by atoms with Crippen molar-refractivity contribution in [2.24, 2.45) is 5.92 Å². The van der Waals surface area contributed by atoms with Crippen molar-refractivity contribution in [1.29, 1.82) is 0 Å². The van der Waals surface area contributed by atoms with E-state index in [1.807, 2.05) is 41.3 Å². The zero-order chi connectivity index (χ0) is 23.7. The van der Waals surface area contributed by atoms with Crippen molar-refractivity contribution >= 4 is 29.1 Å². The molecule has 0 spiro atoms. The molecule has 176 valence electrons. The fourth-order valence-electron chi connectivity index (χ4n) is 4.85. The van der Waals surface area contributed by atoms with Crippen molar-refractivity contribution in [1.82, 2.24) is 10.1 Å². The van der Waals surface area contributed by atoms with Gasteiger partial charge in [0.05, 0.1) is 12.5 Å². The molecule has 5 rings (SSSR count). The van der Waals surface area contributed by atoms with E-state index in [1.54, 1.807) is 4.90 Å². The molecule has 2 aliphatic rings. The molecule has 0 radical (unpaired) electrons. The third-order valence-corrected chi connectivity index (χ3v) is 7.05. The zero-order valence-electron chi connectivity index (χ0n) is 19.3. The molecule has 3 heterocycles. The van der Waals surface area contributed by atoms with E-state index in [4.69, 9.17) is 16.1 Å². The standard InChI is InChI=1S/C27H28ClN3O3/c1-2-3-4-18-5-11-22(12-6-18)31-16-20(15-25(31)32)27(33)30-14-13-23-24(17-30)29-34-26(23)19-7-9-21(28)10-8-19/h5-12,20H,2-4,13-17H2,1H3. The van der Waals surface area contributed by atoms with Gasteiger partial charge in [0.25, 0.3) is 0 Å². The van der Waals surface area contributed by atoms with Crippen molar-refractivity contribution < 1.29 is 14.1 Å². The Labute approximate surface area is 204 Å². The van der Waals surface area contributed by atoms with Gasteiger partial charge in [-0.1, -0.05) is 42.2 Å². The van der Waals surface area contributed by atoms with Gasteiger partial charge in [0.2, 0.25) is 11.8 Å². The Morgan fingerprint density at radius 1 is 1.15 bits per heavy atom. The summed E-state index contributed by atoms with van der Waals surface area (Å²) >= 11 is 6.00. The summed E-state index contributed by atoms with van der Waals surface area (Å²) in [7, 11) is 0. The van der Waals surface area contributed by atoms with Gasteiger partial charge in [-0.25, -0.2) is 0 Å². The van der Waals surface area contributed by atoms with E-state index >= 15 is 0 Å². The predicted molar refractivity (Wildman–Crippen MR) is 132 cm³/mol. The first-order valence-electron chi connectivity index (χ1n) is 11.9. The van der Waals surface area contributed by atoms with Gasteiger partial charge < -0.3 is 14.3 Å². The minimum atomic E-state index is -0.337. The number of hydrogen-bond donors (Lipinski definition) is 0. The van der Waals surface area contributed by atoms with Gasteiger partial charge in [-0.2, -0.15) is 0 Å². The Balaban J connectivity index is 1.25. The fourth-order valence-corrected chi connectivity index (χ4v) is 4.98. The van der Waals surface area contributed by atoms with E-state index in [9.17, 15) is 9.59 Å². The zero-order valence-corrected chi connectivity index (χ0v) is 20.1. The highest BCUT2D eigenvalue weighted by atomic mass is 35.5. The number of fused-ring (bicyclic) bond motifs is 1. The molecule has 1 atom stereocenters. The first-order valence-corrected chi connectivity index (χ1v) is 12.3. The van der Waals surface area contributed by atoms with Gasteiger partial charge in [-0.3, -0.25) is 9.59 Å². The molecule has 0 saturated carbocycles. The number of nitrogens with zero attached hydrogens (tertiary/aromatic N) is 3. The predicted octanol–water partition coefficient (Wildman–Crippen LogP) is 5.28. The van der Waals surface area contributed by atoms with Crippen LogP contribution in [0.25, 0.3) is 11.3 Å². The molecule has 0 aliphatic carbocycles. The Hall–Kier alpha value is -3.12. The molecule has 1 fully saturated rings. The second-order valence-electron chi connectivity index (χ2n) is 9.13. The van der Waals surface area contributed by atoms with Crippen LogP contribution in [0.2, 0.25) is 5.02 Å². The van der Waals surface area contributed by atoms with Crippen LogP contribution in [0, 0.1) is 5.92 Å². The number of halogens is 1. The van der Waals surface area contributed by atoms with Crippen LogP contribution in [0.1, 0.15) is 43.0 Å². The van der Waals surface area contributed by atoms with Gasteiger partial charge in [-0.15, -0.1) is 0 Å². The molecule has 2 aliphatic heterocycles. The average Bonchev–Trinajstić information content (AvgIpc) is 3.46. The summed E-state index contributed by atoms with van der Waals surface area (Å²) in [6.45, 7) is 3.59. The Kier molecular flexibility index (Phi) is 6.42. The topological polar surface area (TPSA) is 66.7 Å². The highest BCUT2D eigenvalue weighted by Gasteiger charge is 2.38. The van der Waals surface area contributed by atoms with Gasteiger partial charge in [0.1, 0.15) is 5.69 Å². The number of aromatic nitrogens is 1. The summed E-state index contributed by atoms with van der Waals surface area (Å²) in [5.41, 5.74) is 4.90. The summed E-state index contributed by atoms with van der Waals surface area (Å²) < 4.78 is 5.63. The van der Waals surface area contributed by atoms with Crippen LogP contribution < -0.4 is 4.90 Å². The Morgan fingerprint density at radius 3 is 2.65 bits per heavy atom. The molecule has 1 saturated heterocycles. The molecule has 2 aromatic carbocycles. The lowest BCUT2D eigenvalue weighted by molar-refractivity contribution is -0.136. The highest BCUT2D eigenvalue weighted by Crippen LogP contribution is 2.33. The van der Waals surface area contributed by atoms with E-state index in [2.05, 4.69) is 24.2 Å². The quantitative estimate of drug-likeness (QED) is 0.484. The number of carbonyl (C=O) groups excluding carboxylic acids is 2. The van der Waals surface area contributed by atoms with Crippen molar-refractivity contribution in [3.8, 4) is 11.3 Å². The second kappa shape index (κ2) is 9.63. The molecule has 3 aromatic rings. The van der Waals surface area contributed by atoms with E-state index < -0.39 is 0 Å². The second-order valence-corrected chi connectivity index (χ2v) is 9.57. The van der Waals surface area contributed by atoms with Crippen LogP contribution in [0.4, 0.5) is 5.69 Å². The molecule has 2 amide bonds. The third-order valence-electron chi connectivity index (χ3n) is 6.80. The number of aryl methyl sites for hydroxylation is 1. The normalized spacial score (nSPS) is 17.8. The largest absolute Gasteiger partial charge is 0.356 e. The molecular weight excluding hydrogens is 450 g/mol. The number of amides is 2. The lowest BCUT2D eigenvalue weighted by Crippen LogP contribution is -2.40. The highest BCUT2D eigenvalue weighted by molar-refractivity contribution is 6.30. The first-order chi connectivity index (χ1) is 16.5. The number of benzene rings is 2. The SMILES string of the molecule is CCCCc1ccc(N2CC(C(=O)N3CCc4c(noc4-c4ccc(Cl)cc4)C3)CC2=O)cc1. The Bertz CT molecular complexity index is 1190. The lowest BCUT2D eigenvalue weighted by Gasteiger charge is -2.28. The number of hydrogen-bond acceptors (Lipinski definition) is 4. The van der Waals surface area contributed by atoms with Crippen LogP contribution in [0.5, 0.6) is 0 Å². The minimum absolute atomic E-state index is 0.00353. The molecule has 6 nitrogen and oxygen atoms in total. The van der Waals surface area contributed by atoms with Crippen LogP contribution >= 0.6 is 11.6 Å². The maximum atomic E-state index is 13.3. The molecule has 34 heavy (non-hydrogen) atoms. The monoisotopic (exact) mass is 477 g/mol. The van der Waals surface area contributed by atoms with Gasteiger partial charge in [-0.05, 0) is 61.2 Å². The summed E-state index contributed by atoms with van der Waals surface area (Å²) in [6.07, 6.45) is 4.28. The maximum absolute atomic E-state index is 13.3. The van der Waals surface area contributed by atoms with Crippen molar-refractivity contribution in [2.45, 2.75) is 45.6 Å². The fraction of sp³-hybridized carbons (Fsp3) is 0.370. The number of rotatable bonds is 6. The van der Waals surface area contributed by atoms with Gasteiger partial charge >= 0.3 is 0 Å².